The van der Waals surface area contributed by atoms with Crippen LogP contribution in [-0.4, -0.2) is 42.5 Å². The van der Waals surface area contributed by atoms with Crippen LogP contribution in [0.1, 0.15) is 46.0 Å². The summed E-state index contributed by atoms with van der Waals surface area (Å²) in [4.78, 5) is 25.8. The van der Waals surface area contributed by atoms with E-state index in [1.54, 1.807) is 0 Å². The maximum absolute atomic E-state index is 11.9. The lowest BCUT2D eigenvalue weighted by molar-refractivity contribution is -0.120. The van der Waals surface area contributed by atoms with E-state index in [2.05, 4.69) is 29.4 Å². The van der Waals surface area contributed by atoms with Gasteiger partial charge in [0.2, 0.25) is 5.91 Å². The van der Waals surface area contributed by atoms with Gasteiger partial charge in [-0.1, -0.05) is 26.7 Å². The van der Waals surface area contributed by atoms with Crippen molar-refractivity contribution in [2.24, 2.45) is 11.8 Å². The molecule has 0 bridgehead atoms. The van der Waals surface area contributed by atoms with Crippen molar-refractivity contribution in [1.82, 2.24) is 15.5 Å². The van der Waals surface area contributed by atoms with Gasteiger partial charge in [0.05, 0.1) is 6.54 Å². The maximum Gasteiger partial charge on any atom is 0.321 e. The van der Waals surface area contributed by atoms with Gasteiger partial charge in [0, 0.05) is 6.04 Å². The van der Waals surface area contributed by atoms with Crippen molar-refractivity contribution in [3.05, 3.63) is 0 Å². The number of amides is 3. The highest BCUT2D eigenvalue weighted by molar-refractivity contribution is 5.95. The summed E-state index contributed by atoms with van der Waals surface area (Å²) in [5.41, 5.74) is 0. The Hall–Kier alpha value is -1.10. The Morgan fingerprint density at radius 2 is 1.80 bits per heavy atom. The number of likely N-dealkylation sites (tertiary alicyclic amines) is 1. The van der Waals surface area contributed by atoms with Crippen molar-refractivity contribution in [2.45, 2.75) is 52.0 Å². The minimum atomic E-state index is -0.333. The third-order valence-corrected chi connectivity index (χ3v) is 4.84. The fourth-order valence-electron chi connectivity index (χ4n) is 3.30. The van der Waals surface area contributed by atoms with E-state index in [9.17, 15) is 9.59 Å². The van der Waals surface area contributed by atoms with Crippen molar-refractivity contribution < 1.29 is 9.59 Å². The summed E-state index contributed by atoms with van der Waals surface area (Å²) in [7, 11) is 0. The smallest absolute Gasteiger partial charge is 0.321 e. The van der Waals surface area contributed by atoms with Crippen molar-refractivity contribution >= 4 is 11.9 Å². The zero-order valence-corrected chi connectivity index (χ0v) is 12.7. The average Bonchev–Trinajstić information content (AvgIpc) is 2.87. The molecule has 3 amide bonds. The number of rotatable bonds is 3. The van der Waals surface area contributed by atoms with Crippen molar-refractivity contribution in [3.8, 4) is 0 Å². The van der Waals surface area contributed by atoms with E-state index in [-0.39, 0.29) is 18.0 Å². The predicted octanol–water partition coefficient (Wildman–Crippen LogP) is 1.73. The molecule has 0 radical (unpaired) electrons. The number of nitrogens with one attached hydrogen (secondary N) is 2. The number of urea groups is 1. The number of imide groups is 1. The summed E-state index contributed by atoms with van der Waals surface area (Å²) in [5.74, 6) is 0.915. The lowest BCUT2D eigenvalue weighted by Crippen LogP contribution is -2.50. The highest BCUT2D eigenvalue weighted by Gasteiger charge is 2.28. The third-order valence-electron chi connectivity index (χ3n) is 4.84. The van der Waals surface area contributed by atoms with E-state index < -0.39 is 0 Å². The van der Waals surface area contributed by atoms with Crippen LogP contribution in [0, 0.1) is 11.8 Å². The second-order valence-corrected chi connectivity index (χ2v) is 6.38. The van der Waals surface area contributed by atoms with Gasteiger partial charge in [-0.05, 0) is 44.2 Å². The Kier molecular flexibility index (Phi) is 5.40. The van der Waals surface area contributed by atoms with Gasteiger partial charge in [-0.15, -0.1) is 0 Å². The van der Waals surface area contributed by atoms with E-state index in [1.165, 1.54) is 6.42 Å². The van der Waals surface area contributed by atoms with E-state index in [0.29, 0.717) is 18.4 Å². The molecule has 20 heavy (non-hydrogen) atoms. The standard InChI is InChI=1S/C15H27N3O2/c1-11-6-5-7-13(12(11)2)16-15(20)17-14(19)10-18-8-3-4-9-18/h11-13H,3-10H2,1-2H3,(H2,16,17,19,20)/t11-,12+,13-/m0/s1. The Labute approximate surface area is 121 Å². The highest BCUT2D eigenvalue weighted by atomic mass is 16.2. The minimum Gasteiger partial charge on any atom is -0.335 e. The largest absolute Gasteiger partial charge is 0.335 e. The van der Waals surface area contributed by atoms with Crippen LogP contribution < -0.4 is 10.6 Å². The fraction of sp³-hybridized carbons (Fsp3) is 0.867. The van der Waals surface area contributed by atoms with E-state index in [1.807, 2.05) is 0 Å². The number of carbonyl (C=O) groups is 2. The van der Waals surface area contributed by atoms with Gasteiger partial charge >= 0.3 is 6.03 Å². The molecule has 1 heterocycles. The number of carbonyl (C=O) groups excluding carboxylic acids is 2. The Balaban J connectivity index is 1.72. The van der Waals surface area contributed by atoms with Crippen LogP contribution >= 0.6 is 0 Å². The fourth-order valence-corrected chi connectivity index (χ4v) is 3.30. The van der Waals surface area contributed by atoms with Crippen LogP contribution in [-0.2, 0) is 4.79 Å². The van der Waals surface area contributed by atoms with Crippen molar-refractivity contribution in [1.29, 1.82) is 0 Å². The third kappa shape index (κ3) is 4.20. The van der Waals surface area contributed by atoms with E-state index in [0.717, 1.165) is 38.8 Å². The molecule has 5 nitrogen and oxygen atoms in total. The normalized spacial score (nSPS) is 31.0. The van der Waals surface area contributed by atoms with Gasteiger partial charge in [-0.3, -0.25) is 15.0 Å². The molecule has 2 rings (SSSR count). The lowest BCUT2D eigenvalue weighted by atomic mass is 9.78. The molecule has 1 saturated carbocycles. The maximum atomic E-state index is 11.9. The van der Waals surface area contributed by atoms with Gasteiger partial charge in [-0.25, -0.2) is 4.79 Å². The molecule has 0 unspecified atom stereocenters. The quantitative estimate of drug-likeness (QED) is 0.828. The zero-order valence-electron chi connectivity index (χ0n) is 12.7. The molecule has 1 saturated heterocycles. The molecule has 2 N–H and O–H groups in total. The first-order valence-electron chi connectivity index (χ1n) is 7.89. The van der Waals surface area contributed by atoms with Gasteiger partial charge in [0.1, 0.15) is 0 Å². The summed E-state index contributed by atoms with van der Waals surface area (Å²) >= 11 is 0. The van der Waals surface area contributed by atoms with Crippen LogP contribution in [0.2, 0.25) is 0 Å². The van der Waals surface area contributed by atoms with Gasteiger partial charge < -0.3 is 5.32 Å². The number of hydrogen-bond acceptors (Lipinski definition) is 3. The molecule has 0 aromatic rings. The lowest BCUT2D eigenvalue weighted by Gasteiger charge is -2.34. The zero-order chi connectivity index (χ0) is 14.5. The van der Waals surface area contributed by atoms with Crippen LogP contribution in [0.15, 0.2) is 0 Å². The first-order chi connectivity index (χ1) is 9.56. The molecule has 5 heteroatoms. The predicted molar refractivity (Wildman–Crippen MR) is 78.3 cm³/mol. The van der Waals surface area contributed by atoms with Crippen LogP contribution in [0.25, 0.3) is 0 Å². The molecule has 0 spiro atoms. The molecule has 0 aromatic carbocycles. The number of nitrogens with zero attached hydrogens (tertiary/aromatic N) is 1. The Bertz CT molecular complexity index is 353. The molecule has 1 aliphatic carbocycles. The van der Waals surface area contributed by atoms with Crippen LogP contribution in [0.4, 0.5) is 4.79 Å². The molecule has 3 atom stereocenters. The number of hydrogen-bond donors (Lipinski definition) is 2. The molecule has 2 fully saturated rings. The molecule has 2 aliphatic rings. The summed E-state index contributed by atoms with van der Waals surface area (Å²) in [6.45, 7) is 6.68. The first-order valence-corrected chi connectivity index (χ1v) is 7.89. The summed E-state index contributed by atoms with van der Waals surface area (Å²) in [6, 6.07) is -0.140. The topological polar surface area (TPSA) is 61.4 Å². The van der Waals surface area contributed by atoms with Gasteiger partial charge in [0.15, 0.2) is 0 Å². The van der Waals surface area contributed by atoms with Gasteiger partial charge in [-0.2, -0.15) is 0 Å². The SMILES string of the molecule is C[C@H]1[C@@H](NC(=O)NC(=O)CN2CCCC2)CCC[C@@H]1C. The van der Waals surface area contributed by atoms with Crippen LogP contribution in [0.3, 0.4) is 0 Å². The molecule has 1 aliphatic heterocycles. The second-order valence-electron chi connectivity index (χ2n) is 6.38. The molecular formula is C15H27N3O2. The van der Waals surface area contributed by atoms with E-state index >= 15 is 0 Å². The molecule has 0 aromatic heterocycles. The molecule has 114 valence electrons. The van der Waals surface area contributed by atoms with Crippen molar-refractivity contribution in [2.75, 3.05) is 19.6 Å². The van der Waals surface area contributed by atoms with Gasteiger partial charge in [0.25, 0.3) is 0 Å². The highest BCUT2D eigenvalue weighted by Crippen LogP contribution is 2.29. The van der Waals surface area contributed by atoms with E-state index in [4.69, 9.17) is 0 Å². The van der Waals surface area contributed by atoms with Crippen LogP contribution in [0.5, 0.6) is 0 Å². The Morgan fingerprint density at radius 3 is 2.50 bits per heavy atom. The second kappa shape index (κ2) is 7.07. The summed E-state index contributed by atoms with van der Waals surface area (Å²) in [6.07, 6.45) is 5.69. The Morgan fingerprint density at radius 1 is 1.10 bits per heavy atom. The monoisotopic (exact) mass is 281 g/mol. The molecular weight excluding hydrogens is 254 g/mol. The minimum absolute atomic E-state index is 0.193. The van der Waals surface area contributed by atoms with Crippen molar-refractivity contribution in [3.63, 3.8) is 0 Å². The first kappa shape index (κ1) is 15.3. The summed E-state index contributed by atoms with van der Waals surface area (Å²) in [5, 5.41) is 5.42. The average molecular weight is 281 g/mol. The summed E-state index contributed by atoms with van der Waals surface area (Å²) < 4.78 is 0.